The Balaban J connectivity index is 1.71. The topological polar surface area (TPSA) is 66.6 Å². The second-order valence-corrected chi connectivity index (χ2v) is 6.62. The molecule has 5 nitrogen and oxygen atoms in total. The molecule has 7 heteroatoms. The van der Waals surface area contributed by atoms with E-state index in [2.05, 4.69) is 0 Å². The molecule has 0 aromatic heterocycles. The Morgan fingerprint density at radius 2 is 1.84 bits per heavy atom. The lowest BCUT2D eigenvalue weighted by atomic mass is 9.87. The number of halogens is 2. The van der Waals surface area contributed by atoms with Crippen LogP contribution in [0.25, 0.3) is 0 Å². The highest BCUT2D eigenvalue weighted by Gasteiger charge is 2.30. The van der Waals surface area contributed by atoms with E-state index in [9.17, 15) is 19.6 Å². The normalized spacial score (nSPS) is 16.7. The van der Waals surface area contributed by atoms with Crippen LogP contribution in [0.1, 0.15) is 24.5 Å². The van der Waals surface area contributed by atoms with Crippen LogP contribution in [0.5, 0.6) is 0 Å². The Hall–Kier alpha value is -2.18. The lowest BCUT2D eigenvalue weighted by molar-refractivity contribution is -0.386. The van der Waals surface area contributed by atoms with Crippen molar-refractivity contribution in [3.05, 3.63) is 69.0 Å². The summed E-state index contributed by atoms with van der Waals surface area (Å²) < 4.78 is 13.8. The number of aliphatic hydroxyl groups excluding tert-OH is 1. The molecule has 3 rings (SSSR count). The third-order valence-electron chi connectivity index (χ3n) is 4.69. The highest BCUT2D eigenvalue weighted by atomic mass is 35.5. The summed E-state index contributed by atoms with van der Waals surface area (Å²) in [6, 6.07) is 11.2. The molecule has 132 valence electrons. The van der Waals surface area contributed by atoms with Gasteiger partial charge in [-0.3, -0.25) is 10.1 Å². The van der Waals surface area contributed by atoms with Crippen molar-refractivity contribution in [3.8, 4) is 0 Å². The third-order valence-corrected chi connectivity index (χ3v) is 4.94. The number of hydrogen-bond donors (Lipinski definition) is 1. The zero-order valence-corrected chi connectivity index (χ0v) is 14.2. The third kappa shape index (κ3) is 3.75. The minimum Gasteiger partial charge on any atom is -0.388 e. The summed E-state index contributed by atoms with van der Waals surface area (Å²) in [4.78, 5) is 12.3. The van der Waals surface area contributed by atoms with Crippen LogP contribution in [-0.4, -0.2) is 23.1 Å². The number of benzene rings is 2. The zero-order chi connectivity index (χ0) is 18.0. The molecule has 0 spiro atoms. The summed E-state index contributed by atoms with van der Waals surface area (Å²) in [5, 5.41) is 22.3. The number of para-hydroxylation sites is 1. The van der Waals surface area contributed by atoms with Crippen LogP contribution < -0.4 is 4.90 Å². The first-order valence-corrected chi connectivity index (χ1v) is 8.46. The van der Waals surface area contributed by atoms with Gasteiger partial charge in [-0.25, -0.2) is 0 Å². The largest absolute Gasteiger partial charge is 0.388 e. The van der Waals surface area contributed by atoms with E-state index in [1.54, 1.807) is 30.3 Å². The Bertz CT molecular complexity index is 761. The van der Waals surface area contributed by atoms with E-state index < -0.39 is 22.5 Å². The monoisotopic (exact) mass is 364 g/mol. The molecule has 0 saturated carbocycles. The van der Waals surface area contributed by atoms with E-state index >= 15 is 0 Å². The van der Waals surface area contributed by atoms with Crippen LogP contribution in [0.2, 0.25) is 5.02 Å². The average Bonchev–Trinajstić information content (AvgIpc) is 2.61. The summed E-state index contributed by atoms with van der Waals surface area (Å²) in [5.41, 5.74) is 0.614. The minimum absolute atomic E-state index is 0.0463. The molecule has 1 N–H and O–H groups in total. The van der Waals surface area contributed by atoms with Crippen LogP contribution in [0.3, 0.4) is 0 Å². The number of piperidine rings is 1. The van der Waals surface area contributed by atoms with E-state index in [4.69, 9.17) is 11.6 Å². The van der Waals surface area contributed by atoms with Gasteiger partial charge in [-0.15, -0.1) is 0 Å². The maximum absolute atomic E-state index is 13.8. The van der Waals surface area contributed by atoms with Crippen LogP contribution >= 0.6 is 11.6 Å². The first kappa shape index (κ1) is 17.6. The van der Waals surface area contributed by atoms with Gasteiger partial charge < -0.3 is 10.0 Å². The average molecular weight is 365 g/mol. The van der Waals surface area contributed by atoms with Gasteiger partial charge in [-0.05, 0) is 48.6 Å². The van der Waals surface area contributed by atoms with E-state index in [1.807, 2.05) is 4.90 Å². The second kappa shape index (κ2) is 7.37. The summed E-state index contributed by atoms with van der Waals surface area (Å²) in [5.74, 6) is -0.782. The molecule has 2 aromatic rings. The molecule has 1 fully saturated rings. The maximum Gasteiger partial charge on any atom is 0.327 e. The summed E-state index contributed by atoms with van der Waals surface area (Å²) >= 11 is 5.87. The predicted molar refractivity (Wildman–Crippen MR) is 94.4 cm³/mol. The second-order valence-electron chi connectivity index (χ2n) is 6.19. The number of nitrogens with zero attached hydrogens (tertiary/aromatic N) is 2. The molecule has 0 bridgehead atoms. The first-order valence-electron chi connectivity index (χ1n) is 8.08. The van der Waals surface area contributed by atoms with Gasteiger partial charge in [0.1, 0.15) is 5.69 Å². The molecule has 0 amide bonds. The summed E-state index contributed by atoms with van der Waals surface area (Å²) in [7, 11) is 0. The highest BCUT2D eigenvalue weighted by Crippen LogP contribution is 2.36. The van der Waals surface area contributed by atoms with Gasteiger partial charge in [0.05, 0.1) is 11.0 Å². The Kier molecular flexibility index (Phi) is 5.20. The number of nitro groups is 1. The highest BCUT2D eigenvalue weighted by molar-refractivity contribution is 6.30. The van der Waals surface area contributed by atoms with Crippen molar-refractivity contribution in [2.24, 2.45) is 5.92 Å². The number of aliphatic hydroxyl groups is 1. The van der Waals surface area contributed by atoms with Gasteiger partial charge >= 0.3 is 5.69 Å². The van der Waals surface area contributed by atoms with Crippen molar-refractivity contribution in [3.63, 3.8) is 0 Å². The SMILES string of the molecule is O=[N+]([O-])c1c(F)cccc1N1CCC(C(O)c2ccc(Cl)cc2)CC1. The molecule has 0 radical (unpaired) electrons. The van der Waals surface area contributed by atoms with Gasteiger partial charge in [0, 0.05) is 18.1 Å². The van der Waals surface area contributed by atoms with Crippen molar-refractivity contribution in [2.75, 3.05) is 18.0 Å². The summed E-state index contributed by atoms with van der Waals surface area (Å²) in [6.07, 6.45) is 0.719. The summed E-state index contributed by atoms with van der Waals surface area (Å²) in [6.45, 7) is 1.05. The number of nitro benzene ring substituents is 1. The van der Waals surface area contributed by atoms with E-state index in [0.717, 1.165) is 11.6 Å². The van der Waals surface area contributed by atoms with Gasteiger partial charge in [-0.1, -0.05) is 29.8 Å². The molecular weight excluding hydrogens is 347 g/mol. The smallest absolute Gasteiger partial charge is 0.327 e. The molecule has 1 unspecified atom stereocenters. The number of anilines is 1. The van der Waals surface area contributed by atoms with Crippen molar-refractivity contribution in [1.29, 1.82) is 0 Å². The minimum atomic E-state index is -0.828. The molecule has 1 aliphatic rings. The van der Waals surface area contributed by atoms with Gasteiger partial charge in [0.2, 0.25) is 5.82 Å². The van der Waals surface area contributed by atoms with Gasteiger partial charge in [-0.2, -0.15) is 4.39 Å². The molecule has 1 aliphatic heterocycles. The Morgan fingerprint density at radius 1 is 1.20 bits per heavy atom. The lowest BCUT2D eigenvalue weighted by Crippen LogP contribution is -2.36. The standard InChI is InChI=1S/C18H18ClFN2O3/c19-14-6-4-12(5-7-14)18(23)13-8-10-21(11-9-13)16-3-1-2-15(20)17(16)22(24)25/h1-7,13,18,23H,8-11H2. The fourth-order valence-corrected chi connectivity index (χ4v) is 3.45. The van der Waals surface area contributed by atoms with Crippen molar-refractivity contribution >= 4 is 23.0 Å². The van der Waals surface area contributed by atoms with Crippen LogP contribution in [0.4, 0.5) is 15.8 Å². The molecule has 1 heterocycles. The molecule has 0 aliphatic carbocycles. The van der Waals surface area contributed by atoms with Crippen molar-refractivity contribution < 1.29 is 14.4 Å². The number of hydrogen-bond acceptors (Lipinski definition) is 4. The Morgan fingerprint density at radius 3 is 2.44 bits per heavy atom. The van der Waals surface area contributed by atoms with Gasteiger partial charge in [0.15, 0.2) is 0 Å². The fraction of sp³-hybridized carbons (Fsp3) is 0.333. The zero-order valence-electron chi connectivity index (χ0n) is 13.4. The maximum atomic E-state index is 13.8. The predicted octanol–water partition coefficient (Wildman–Crippen LogP) is 4.34. The van der Waals surface area contributed by atoms with Crippen molar-refractivity contribution in [1.82, 2.24) is 0 Å². The van der Waals surface area contributed by atoms with Crippen LogP contribution in [0, 0.1) is 21.8 Å². The quantitative estimate of drug-likeness (QED) is 0.647. The molecule has 1 atom stereocenters. The first-order chi connectivity index (χ1) is 12.0. The van der Waals surface area contributed by atoms with Gasteiger partial charge in [0.25, 0.3) is 0 Å². The lowest BCUT2D eigenvalue weighted by Gasteiger charge is -2.35. The molecule has 2 aromatic carbocycles. The molecule has 25 heavy (non-hydrogen) atoms. The molecular formula is C18H18ClFN2O3. The van der Waals surface area contributed by atoms with Crippen LogP contribution in [0.15, 0.2) is 42.5 Å². The van der Waals surface area contributed by atoms with Crippen LogP contribution in [-0.2, 0) is 0 Å². The van der Waals surface area contributed by atoms with E-state index in [1.165, 1.54) is 6.07 Å². The van der Waals surface area contributed by atoms with E-state index in [0.29, 0.717) is 36.6 Å². The molecule has 1 saturated heterocycles. The van der Waals surface area contributed by atoms with E-state index in [-0.39, 0.29) is 5.92 Å². The fourth-order valence-electron chi connectivity index (χ4n) is 3.33. The number of rotatable bonds is 4. The Labute approximate surface area is 149 Å². The van der Waals surface area contributed by atoms with Crippen molar-refractivity contribution in [2.45, 2.75) is 18.9 Å².